The fourth-order valence-corrected chi connectivity index (χ4v) is 1.92. The number of hydrogen-bond donors (Lipinski definition) is 1. The first kappa shape index (κ1) is 11.5. The number of carbonyl (C=O) groups excluding carboxylic acids is 1. The van der Waals surface area contributed by atoms with Crippen molar-refractivity contribution < 1.29 is 14.7 Å². The van der Waals surface area contributed by atoms with Crippen LogP contribution < -0.4 is 0 Å². The summed E-state index contributed by atoms with van der Waals surface area (Å²) in [5, 5.41) is 8.99. The van der Waals surface area contributed by atoms with E-state index in [9.17, 15) is 9.59 Å². The van der Waals surface area contributed by atoms with Gasteiger partial charge in [0.05, 0.1) is 11.9 Å². The van der Waals surface area contributed by atoms with Gasteiger partial charge in [-0.15, -0.1) is 0 Å². The summed E-state index contributed by atoms with van der Waals surface area (Å²) in [6.07, 6.45) is 4.09. The molecule has 90 valence electrons. The average Bonchev–Trinajstić information content (AvgIpc) is 2.78. The van der Waals surface area contributed by atoms with Crippen LogP contribution in [0.5, 0.6) is 0 Å². The summed E-state index contributed by atoms with van der Waals surface area (Å²) in [4.78, 5) is 32.3. The zero-order valence-electron chi connectivity index (χ0n) is 9.46. The summed E-state index contributed by atoms with van der Waals surface area (Å²) in [6.45, 7) is 2.24. The first-order chi connectivity index (χ1) is 8.09. The van der Waals surface area contributed by atoms with Gasteiger partial charge in [-0.2, -0.15) is 0 Å². The van der Waals surface area contributed by atoms with Crippen molar-refractivity contribution in [2.75, 3.05) is 6.54 Å². The van der Waals surface area contributed by atoms with Gasteiger partial charge in [0.2, 0.25) is 0 Å². The van der Waals surface area contributed by atoms with Crippen molar-refractivity contribution >= 4 is 11.9 Å². The van der Waals surface area contributed by atoms with Gasteiger partial charge < -0.3 is 10.0 Å². The van der Waals surface area contributed by atoms with Crippen LogP contribution in [-0.2, 0) is 4.79 Å². The minimum Gasteiger partial charge on any atom is -0.480 e. The first-order valence-electron chi connectivity index (χ1n) is 5.42. The monoisotopic (exact) mass is 235 g/mol. The number of likely N-dealkylation sites (tertiary alicyclic amines) is 1. The van der Waals surface area contributed by atoms with Crippen LogP contribution >= 0.6 is 0 Å². The third-order valence-electron chi connectivity index (χ3n) is 2.80. The Morgan fingerprint density at radius 2 is 2.18 bits per heavy atom. The molecule has 1 saturated heterocycles. The second-order valence-corrected chi connectivity index (χ2v) is 4.04. The molecule has 1 aromatic heterocycles. The van der Waals surface area contributed by atoms with Crippen LogP contribution in [-0.4, -0.2) is 44.4 Å². The highest BCUT2D eigenvalue weighted by molar-refractivity contribution is 5.95. The number of carbonyl (C=O) groups is 2. The van der Waals surface area contributed by atoms with E-state index in [4.69, 9.17) is 5.11 Å². The predicted octanol–water partition coefficient (Wildman–Crippen LogP) is 0.474. The number of rotatable bonds is 2. The highest BCUT2D eigenvalue weighted by Gasteiger charge is 2.34. The molecule has 6 nitrogen and oxygen atoms in total. The number of carboxylic acids is 1. The van der Waals surface area contributed by atoms with Gasteiger partial charge >= 0.3 is 5.97 Å². The van der Waals surface area contributed by atoms with E-state index in [2.05, 4.69) is 9.97 Å². The van der Waals surface area contributed by atoms with Crippen LogP contribution in [0.25, 0.3) is 0 Å². The van der Waals surface area contributed by atoms with Crippen molar-refractivity contribution in [3.63, 3.8) is 0 Å². The molecule has 0 aliphatic carbocycles. The van der Waals surface area contributed by atoms with E-state index >= 15 is 0 Å². The summed E-state index contributed by atoms with van der Waals surface area (Å²) in [6, 6.07) is -0.731. The van der Waals surface area contributed by atoms with Crippen LogP contribution in [0.3, 0.4) is 0 Å². The molecule has 17 heavy (non-hydrogen) atoms. The molecule has 2 rings (SSSR count). The molecule has 1 fully saturated rings. The highest BCUT2D eigenvalue weighted by atomic mass is 16.4. The van der Waals surface area contributed by atoms with Crippen LogP contribution in [0.15, 0.2) is 12.4 Å². The minimum atomic E-state index is -0.962. The Morgan fingerprint density at radius 1 is 1.41 bits per heavy atom. The number of carboxylic acid groups (broad SMARTS) is 1. The lowest BCUT2D eigenvalue weighted by Crippen LogP contribution is -2.40. The van der Waals surface area contributed by atoms with Gasteiger partial charge in [0.15, 0.2) is 0 Å². The third-order valence-corrected chi connectivity index (χ3v) is 2.80. The van der Waals surface area contributed by atoms with Crippen molar-refractivity contribution in [1.29, 1.82) is 0 Å². The molecule has 0 aromatic carbocycles. The van der Waals surface area contributed by atoms with Crippen LogP contribution in [0.1, 0.15) is 29.0 Å². The van der Waals surface area contributed by atoms with Gasteiger partial charge in [-0.1, -0.05) is 0 Å². The summed E-state index contributed by atoms with van der Waals surface area (Å²) < 4.78 is 0. The number of aliphatic carboxylic acids is 1. The molecule has 0 saturated carbocycles. The molecule has 1 amide bonds. The molecular formula is C11H13N3O3. The summed E-state index contributed by atoms with van der Waals surface area (Å²) in [5.41, 5.74) is 0.918. The quantitative estimate of drug-likeness (QED) is 0.805. The maximum Gasteiger partial charge on any atom is 0.326 e. The van der Waals surface area contributed by atoms with Gasteiger partial charge in [0.1, 0.15) is 11.7 Å². The molecule has 0 bridgehead atoms. The zero-order chi connectivity index (χ0) is 12.4. The predicted molar refractivity (Wildman–Crippen MR) is 58.5 cm³/mol. The summed E-state index contributed by atoms with van der Waals surface area (Å²) in [5.74, 6) is -1.32. The average molecular weight is 235 g/mol. The van der Waals surface area contributed by atoms with Gasteiger partial charge in [0.25, 0.3) is 5.91 Å². The van der Waals surface area contributed by atoms with Crippen molar-refractivity contribution in [3.8, 4) is 0 Å². The number of hydrogen-bond acceptors (Lipinski definition) is 4. The molecule has 1 aromatic rings. The summed E-state index contributed by atoms with van der Waals surface area (Å²) in [7, 11) is 0. The van der Waals surface area contributed by atoms with E-state index in [1.165, 1.54) is 17.3 Å². The van der Waals surface area contributed by atoms with Crippen LogP contribution in [0.2, 0.25) is 0 Å². The lowest BCUT2D eigenvalue weighted by Gasteiger charge is -2.20. The van der Waals surface area contributed by atoms with E-state index in [0.717, 1.165) is 5.69 Å². The van der Waals surface area contributed by atoms with Crippen molar-refractivity contribution in [2.24, 2.45) is 0 Å². The van der Waals surface area contributed by atoms with Gasteiger partial charge in [0, 0.05) is 12.7 Å². The Kier molecular flexibility index (Phi) is 3.03. The van der Waals surface area contributed by atoms with Gasteiger partial charge in [-0.25, -0.2) is 9.78 Å². The summed E-state index contributed by atoms with van der Waals surface area (Å²) >= 11 is 0. The molecule has 0 unspecified atom stereocenters. The van der Waals surface area contributed by atoms with Crippen molar-refractivity contribution in [2.45, 2.75) is 25.8 Å². The lowest BCUT2D eigenvalue weighted by molar-refractivity contribution is -0.141. The molecule has 1 aliphatic heterocycles. The van der Waals surface area contributed by atoms with Crippen molar-refractivity contribution in [1.82, 2.24) is 14.9 Å². The Bertz CT molecular complexity index is 444. The molecular weight excluding hydrogens is 222 g/mol. The number of amides is 1. The van der Waals surface area contributed by atoms with Crippen molar-refractivity contribution in [3.05, 3.63) is 23.8 Å². The standard InChI is InChI=1S/C11H13N3O3/c1-7-5-13-8(6-12-7)10(15)14-4-2-3-9(14)11(16)17/h5-6,9H,2-4H2,1H3,(H,16,17)/t9-/m0/s1. The lowest BCUT2D eigenvalue weighted by atomic mass is 10.2. The zero-order valence-corrected chi connectivity index (χ0v) is 9.46. The molecule has 1 N–H and O–H groups in total. The number of aromatic nitrogens is 2. The SMILES string of the molecule is Cc1cnc(C(=O)N2CCC[C@H]2C(=O)O)cn1. The van der Waals surface area contributed by atoms with Gasteiger partial charge in [-0.3, -0.25) is 9.78 Å². The second-order valence-electron chi connectivity index (χ2n) is 4.04. The third kappa shape index (κ3) is 2.25. The normalized spacial score (nSPS) is 19.4. The Hall–Kier alpha value is -1.98. The van der Waals surface area contributed by atoms with Gasteiger partial charge in [-0.05, 0) is 19.8 Å². The highest BCUT2D eigenvalue weighted by Crippen LogP contribution is 2.19. The number of nitrogens with zero attached hydrogens (tertiary/aromatic N) is 3. The van der Waals surface area contributed by atoms with Crippen LogP contribution in [0, 0.1) is 6.92 Å². The number of aryl methyl sites for hydroxylation is 1. The topological polar surface area (TPSA) is 83.4 Å². The maximum absolute atomic E-state index is 12.0. The first-order valence-corrected chi connectivity index (χ1v) is 5.42. The van der Waals surface area contributed by atoms with E-state index < -0.39 is 12.0 Å². The molecule has 1 aliphatic rings. The van der Waals surface area contributed by atoms with E-state index in [0.29, 0.717) is 19.4 Å². The minimum absolute atomic E-state index is 0.198. The van der Waals surface area contributed by atoms with E-state index in [1.54, 1.807) is 6.92 Å². The molecule has 0 spiro atoms. The Labute approximate surface area is 98.3 Å². The van der Waals surface area contributed by atoms with E-state index in [-0.39, 0.29) is 11.6 Å². The maximum atomic E-state index is 12.0. The largest absolute Gasteiger partial charge is 0.480 e. The second kappa shape index (κ2) is 4.48. The molecule has 0 radical (unpaired) electrons. The fourth-order valence-electron chi connectivity index (χ4n) is 1.92. The fraction of sp³-hybridized carbons (Fsp3) is 0.455. The Morgan fingerprint density at radius 3 is 2.76 bits per heavy atom. The molecule has 1 atom stereocenters. The van der Waals surface area contributed by atoms with E-state index in [1.807, 2.05) is 0 Å². The van der Waals surface area contributed by atoms with Crippen LogP contribution in [0.4, 0.5) is 0 Å². The molecule has 2 heterocycles. The smallest absolute Gasteiger partial charge is 0.326 e. The molecule has 6 heteroatoms. The Balaban J connectivity index is 2.19.